The first-order valence-electron chi connectivity index (χ1n) is 14.6. The van der Waals surface area contributed by atoms with Gasteiger partial charge in [0.25, 0.3) is 0 Å². The minimum atomic E-state index is -3.01. The number of carbonyl (C=O) groups is 1. The molecule has 6 rings (SSSR count). The van der Waals surface area contributed by atoms with E-state index in [9.17, 15) is 23.1 Å². The Morgan fingerprint density at radius 2 is 1.81 bits per heavy atom. The fraction of sp³-hybridized carbons (Fsp3) is 0.235. The van der Waals surface area contributed by atoms with Crippen LogP contribution in [0.2, 0.25) is 0 Å². The van der Waals surface area contributed by atoms with Crippen molar-refractivity contribution in [1.82, 2.24) is 14.5 Å². The van der Waals surface area contributed by atoms with Crippen molar-refractivity contribution in [2.45, 2.75) is 25.7 Å². The summed E-state index contributed by atoms with van der Waals surface area (Å²) in [6, 6.07) is 15.8. The van der Waals surface area contributed by atoms with E-state index >= 15 is 8.78 Å². The van der Waals surface area contributed by atoms with Gasteiger partial charge in [-0.25, -0.2) is 27.9 Å². The SMILES string of the molecule is N#Cc1ccc(COc2cccc(-c3cc(F)c(Cc4nc5ccc(C(=O)O)cc5n4[C@@H]4COC[C@@H]4COC(F)F)cc3F)n2)c(F)c1. The summed E-state index contributed by atoms with van der Waals surface area (Å²) in [6.07, 6.45) is -0.230. The van der Waals surface area contributed by atoms with Crippen LogP contribution in [0.15, 0.2) is 66.7 Å². The number of imidazole rings is 1. The molecule has 2 atom stereocenters. The molecule has 14 heteroatoms. The summed E-state index contributed by atoms with van der Waals surface area (Å²) in [5, 5.41) is 18.5. The zero-order valence-electron chi connectivity index (χ0n) is 24.9. The van der Waals surface area contributed by atoms with Gasteiger partial charge in [-0.05, 0) is 54.1 Å². The number of ether oxygens (including phenoxy) is 3. The maximum absolute atomic E-state index is 15.7. The van der Waals surface area contributed by atoms with E-state index in [-0.39, 0.29) is 78.1 Å². The van der Waals surface area contributed by atoms with E-state index in [0.717, 1.165) is 18.2 Å². The second kappa shape index (κ2) is 13.8. The lowest BCUT2D eigenvalue weighted by Gasteiger charge is -2.22. The van der Waals surface area contributed by atoms with Gasteiger partial charge in [0.1, 0.15) is 29.9 Å². The molecule has 5 aromatic rings. The Morgan fingerprint density at radius 3 is 2.56 bits per heavy atom. The lowest BCUT2D eigenvalue weighted by Crippen LogP contribution is -2.25. The maximum Gasteiger partial charge on any atom is 0.345 e. The molecule has 0 aliphatic carbocycles. The number of fused-ring (bicyclic) bond motifs is 1. The molecule has 3 aromatic carbocycles. The largest absolute Gasteiger partial charge is 0.478 e. The molecule has 0 saturated carbocycles. The third-order valence-electron chi connectivity index (χ3n) is 7.98. The summed E-state index contributed by atoms with van der Waals surface area (Å²) in [6.45, 7) is -3.42. The number of aromatic nitrogens is 3. The van der Waals surface area contributed by atoms with Crippen molar-refractivity contribution in [3.8, 4) is 23.2 Å². The fourth-order valence-corrected chi connectivity index (χ4v) is 5.62. The number of rotatable bonds is 11. The average molecular weight is 665 g/mol. The first kappa shape index (κ1) is 32.5. The van der Waals surface area contributed by atoms with Crippen molar-refractivity contribution in [3.63, 3.8) is 0 Å². The van der Waals surface area contributed by atoms with Crippen molar-refractivity contribution in [2.24, 2.45) is 5.92 Å². The minimum Gasteiger partial charge on any atom is -0.478 e. The molecule has 246 valence electrons. The first-order chi connectivity index (χ1) is 23.1. The summed E-state index contributed by atoms with van der Waals surface area (Å²) < 4.78 is 88.6. The number of nitriles is 1. The molecular formula is C34H25F5N4O5. The molecule has 9 nitrogen and oxygen atoms in total. The number of hydrogen-bond donors (Lipinski definition) is 1. The molecule has 0 radical (unpaired) electrons. The van der Waals surface area contributed by atoms with E-state index in [1.54, 1.807) is 4.57 Å². The standard InChI is InChI=1S/C34H25F5N4O5/c35-24-8-18(13-40)4-5-20(24)15-47-32-3-1-2-27(42-32)23-12-25(36)21(9-26(23)37)11-31-41-28-7-6-19(33(44)45)10-29(28)43(31)30-17-46-14-22(30)16-48-34(38)39/h1-10,12,22,30,34H,11,14-17H2,(H,44,45)/t22-,30-/m1/s1. The Hall–Kier alpha value is -5.39. The van der Waals surface area contributed by atoms with Crippen LogP contribution in [0, 0.1) is 34.7 Å². The normalized spacial score (nSPS) is 16.0. The van der Waals surface area contributed by atoms with Gasteiger partial charge in [0.05, 0.1) is 59.8 Å². The van der Waals surface area contributed by atoms with Crippen LogP contribution in [0.4, 0.5) is 22.0 Å². The van der Waals surface area contributed by atoms with Gasteiger partial charge >= 0.3 is 12.6 Å². The zero-order valence-corrected chi connectivity index (χ0v) is 24.9. The highest BCUT2D eigenvalue weighted by Gasteiger charge is 2.34. The molecule has 1 fully saturated rings. The number of nitrogens with zero attached hydrogens (tertiary/aromatic N) is 4. The van der Waals surface area contributed by atoms with E-state index in [4.69, 9.17) is 14.7 Å². The van der Waals surface area contributed by atoms with Crippen LogP contribution in [0.25, 0.3) is 22.3 Å². The van der Waals surface area contributed by atoms with E-state index in [0.29, 0.717) is 11.0 Å². The van der Waals surface area contributed by atoms with E-state index in [2.05, 4.69) is 14.7 Å². The van der Waals surface area contributed by atoms with Crippen LogP contribution < -0.4 is 4.74 Å². The molecule has 0 bridgehead atoms. The predicted molar refractivity (Wildman–Crippen MR) is 160 cm³/mol. The van der Waals surface area contributed by atoms with Crippen LogP contribution in [0.5, 0.6) is 5.88 Å². The Morgan fingerprint density at radius 1 is 1.00 bits per heavy atom. The monoisotopic (exact) mass is 664 g/mol. The third-order valence-corrected chi connectivity index (χ3v) is 7.98. The molecule has 0 amide bonds. The number of carboxylic acid groups (broad SMARTS) is 1. The summed E-state index contributed by atoms with van der Waals surface area (Å²) in [4.78, 5) is 20.5. The number of halogens is 5. The predicted octanol–water partition coefficient (Wildman–Crippen LogP) is 6.68. The van der Waals surface area contributed by atoms with Crippen LogP contribution in [0.1, 0.15) is 38.9 Å². The molecule has 1 N–H and O–H groups in total. The summed E-state index contributed by atoms with van der Waals surface area (Å²) >= 11 is 0. The number of alkyl halides is 2. The molecule has 48 heavy (non-hydrogen) atoms. The lowest BCUT2D eigenvalue weighted by molar-refractivity contribution is -0.139. The Labute approximate surface area is 269 Å². The van der Waals surface area contributed by atoms with Gasteiger partial charge in [-0.3, -0.25) is 0 Å². The molecule has 0 spiro atoms. The van der Waals surface area contributed by atoms with Gasteiger partial charge in [-0.2, -0.15) is 14.0 Å². The van der Waals surface area contributed by atoms with Gasteiger partial charge in [-0.15, -0.1) is 0 Å². The van der Waals surface area contributed by atoms with Crippen LogP contribution in [0.3, 0.4) is 0 Å². The van der Waals surface area contributed by atoms with Crippen molar-refractivity contribution in [2.75, 3.05) is 19.8 Å². The van der Waals surface area contributed by atoms with Gasteiger partial charge in [0.15, 0.2) is 0 Å². The highest BCUT2D eigenvalue weighted by atomic mass is 19.3. The third kappa shape index (κ3) is 6.83. The number of aromatic carboxylic acids is 1. The topological polar surface area (TPSA) is 119 Å². The second-order valence-corrected chi connectivity index (χ2v) is 11.0. The molecule has 1 aliphatic heterocycles. The van der Waals surface area contributed by atoms with Crippen molar-refractivity contribution in [3.05, 3.63) is 112 Å². The first-order valence-corrected chi connectivity index (χ1v) is 14.6. The Kier molecular flexibility index (Phi) is 9.33. The van der Waals surface area contributed by atoms with E-state index < -0.39 is 42.0 Å². The van der Waals surface area contributed by atoms with Gasteiger partial charge in [-0.1, -0.05) is 12.1 Å². The van der Waals surface area contributed by atoms with Crippen LogP contribution >= 0.6 is 0 Å². The number of benzene rings is 3. The molecule has 3 heterocycles. The fourth-order valence-electron chi connectivity index (χ4n) is 5.62. The molecule has 1 saturated heterocycles. The summed E-state index contributed by atoms with van der Waals surface area (Å²) in [7, 11) is 0. The van der Waals surface area contributed by atoms with E-state index in [1.165, 1.54) is 48.5 Å². The Balaban J connectivity index is 1.29. The maximum atomic E-state index is 15.7. The Bertz CT molecular complexity index is 2050. The molecule has 1 aliphatic rings. The van der Waals surface area contributed by atoms with Crippen LogP contribution in [-0.2, 0) is 22.5 Å². The van der Waals surface area contributed by atoms with Gasteiger partial charge in [0, 0.05) is 29.5 Å². The van der Waals surface area contributed by atoms with Gasteiger partial charge in [0.2, 0.25) is 5.88 Å². The quantitative estimate of drug-likeness (QED) is 0.155. The number of pyridine rings is 1. The smallest absolute Gasteiger partial charge is 0.345 e. The zero-order chi connectivity index (χ0) is 33.9. The highest BCUT2D eigenvalue weighted by molar-refractivity contribution is 5.92. The molecular weight excluding hydrogens is 639 g/mol. The van der Waals surface area contributed by atoms with Crippen molar-refractivity contribution < 1.29 is 46.1 Å². The molecule has 2 aromatic heterocycles. The number of hydrogen-bond acceptors (Lipinski definition) is 7. The average Bonchev–Trinajstić information content (AvgIpc) is 3.67. The minimum absolute atomic E-state index is 0.0266. The molecule has 0 unspecified atom stereocenters. The number of carboxylic acids is 1. The van der Waals surface area contributed by atoms with E-state index in [1.807, 2.05) is 6.07 Å². The second-order valence-electron chi connectivity index (χ2n) is 11.0. The van der Waals surface area contributed by atoms with Gasteiger partial charge < -0.3 is 23.9 Å². The summed E-state index contributed by atoms with van der Waals surface area (Å²) in [5.41, 5.74) is 0.819. The lowest BCUT2D eigenvalue weighted by atomic mass is 10.0. The van der Waals surface area contributed by atoms with Crippen molar-refractivity contribution in [1.29, 1.82) is 5.26 Å². The summed E-state index contributed by atoms with van der Waals surface area (Å²) in [5.74, 6) is -3.72. The van der Waals surface area contributed by atoms with Crippen molar-refractivity contribution >= 4 is 17.0 Å². The van der Waals surface area contributed by atoms with Crippen LogP contribution in [-0.4, -0.2) is 52.0 Å². The highest BCUT2D eigenvalue weighted by Crippen LogP contribution is 2.34.